The predicted octanol–water partition coefficient (Wildman–Crippen LogP) is 4.80. The van der Waals surface area contributed by atoms with Crippen LogP contribution in [0.2, 0.25) is 0 Å². The van der Waals surface area contributed by atoms with E-state index < -0.39 is 0 Å². The maximum atomic E-state index is 12.8. The van der Waals surface area contributed by atoms with Crippen LogP contribution in [0.1, 0.15) is 24.5 Å². The number of fused-ring (bicyclic) bond motifs is 1. The molecular formula is C23H23NO3. The molecule has 138 valence electrons. The van der Waals surface area contributed by atoms with E-state index in [9.17, 15) is 9.59 Å². The van der Waals surface area contributed by atoms with Gasteiger partial charge in [-0.3, -0.25) is 14.5 Å². The predicted molar refractivity (Wildman–Crippen MR) is 105 cm³/mol. The summed E-state index contributed by atoms with van der Waals surface area (Å²) in [6.45, 7) is 6.11. The third-order valence-electron chi connectivity index (χ3n) is 5.68. The zero-order chi connectivity index (χ0) is 19.1. The minimum Gasteiger partial charge on any atom is -0.457 e. The maximum absolute atomic E-state index is 12.8. The first-order valence-electron chi connectivity index (χ1n) is 9.35. The number of benzene rings is 2. The van der Waals surface area contributed by atoms with Crippen molar-refractivity contribution in [2.75, 3.05) is 4.90 Å². The largest absolute Gasteiger partial charge is 0.457 e. The molecule has 2 aliphatic rings. The standard InChI is InChI=1S/C23H23NO3/c1-14-7-10-19(13-16(14)3)27-18-11-8-17(9-12-18)24-22(25)20-6-4-5-15(2)21(20)23(24)26/h4-5,7-13,15,20-21H,6H2,1-3H3. The van der Waals surface area contributed by atoms with Gasteiger partial charge in [-0.25, -0.2) is 0 Å². The van der Waals surface area contributed by atoms with Crippen LogP contribution in [0.3, 0.4) is 0 Å². The highest BCUT2D eigenvalue weighted by Gasteiger charge is 2.50. The summed E-state index contributed by atoms with van der Waals surface area (Å²) in [5.41, 5.74) is 3.00. The van der Waals surface area contributed by atoms with Crippen LogP contribution in [-0.2, 0) is 9.59 Å². The van der Waals surface area contributed by atoms with Gasteiger partial charge in [0.2, 0.25) is 11.8 Å². The van der Waals surface area contributed by atoms with E-state index in [0.717, 1.165) is 5.75 Å². The molecule has 2 aromatic rings. The molecule has 3 unspecified atom stereocenters. The Bertz CT molecular complexity index is 929. The van der Waals surface area contributed by atoms with Crippen molar-refractivity contribution in [1.82, 2.24) is 0 Å². The van der Waals surface area contributed by atoms with Crippen LogP contribution in [0.4, 0.5) is 5.69 Å². The number of allylic oxidation sites excluding steroid dienone is 2. The van der Waals surface area contributed by atoms with E-state index in [-0.39, 0.29) is 29.6 Å². The normalized spacial score (nSPS) is 24.3. The van der Waals surface area contributed by atoms with Crippen LogP contribution in [0.15, 0.2) is 54.6 Å². The molecule has 0 spiro atoms. The molecule has 1 aliphatic heterocycles. The molecule has 4 rings (SSSR count). The van der Waals surface area contributed by atoms with Crippen molar-refractivity contribution < 1.29 is 14.3 Å². The fourth-order valence-corrected chi connectivity index (χ4v) is 3.98. The highest BCUT2D eigenvalue weighted by Crippen LogP contribution is 2.40. The molecule has 4 heteroatoms. The lowest BCUT2D eigenvalue weighted by Crippen LogP contribution is -2.31. The zero-order valence-electron chi connectivity index (χ0n) is 15.8. The summed E-state index contributed by atoms with van der Waals surface area (Å²) < 4.78 is 5.90. The van der Waals surface area contributed by atoms with Gasteiger partial charge in [0, 0.05) is 0 Å². The first-order valence-corrected chi connectivity index (χ1v) is 9.35. The van der Waals surface area contributed by atoms with Gasteiger partial charge < -0.3 is 4.74 Å². The van der Waals surface area contributed by atoms with E-state index in [1.54, 1.807) is 24.3 Å². The Morgan fingerprint density at radius 2 is 1.63 bits per heavy atom. The summed E-state index contributed by atoms with van der Waals surface area (Å²) >= 11 is 0. The van der Waals surface area contributed by atoms with Crippen LogP contribution in [0, 0.1) is 31.6 Å². The second-order valence-corrected chi connectivity index (χ2v) is 7.51. The summed E-state index contributed by atoms with van der Waals surface area (Å²) in [7, 11) is 0. The lowest BCUT2D eigenvalue weighted by Gasteiger charge is -2.22. The quantitative estimate of drug-likeness (QED) is 0.583. The Hall–Kier alpha value is -2.88. The first-order chi connectivity index (χ1) is 13.0. The number of hydrogen-bond acceptors (Lipinski definition) is 3. The number of nitrogens with zero attached hydrogens (tertiary/aromatic N) is 1. The topological polar surface area (TPSA) is 46.6 Å². The zero-order valence-corrected chi connectivity index (χ0v) is 15.8. The van der Waals surface area contributed by atoms with Gasteiger partial charge in [0.15, 0.2) is 0 Å². The average Bonchev–Trinajstić information content (AvgIpc) is 2.91. The molecule has 1 aliphatic carbocycles. The van der Waals surface area contributed by atoms with Gasteiger partial charge in [0.05, 0.1) is 17.5 Å². The molecule has 2 aromatic carbocycles. The third-order valence-corrected chi connectivity index (χ3v) is 5.68. The molecule has 4 nitrogen and oxygen atoms in total. The van der Waals surface area contributed by atoms with E-state index in [4.69, 9.17) is 4.74 Å². The molecule has 1 fully saturated rings. The summed E-state index contributed by atoms with van der Waals surface area (Å²) in [6, 6.07) is 13.1. The lowest BCUT2D eigenvalue weighted by atomic mass is 9.78. The fraction of sp³-hybridized carbons (Fsp3) is 0.304. The Balaban J connectivity index is 1.55. The Morgan fingerprint density at radius 3 is 2.30 bits per heavy atom. The molecule has 0 bridgehead atoms. The van der Waals surface area contributed by atoms with E-state index in [1.165, 1.54) is 16.0 Å². The van der Waals surface area contributed by atoms with Crippen molar-refractivity contribution in [3.63, 3.8) is 0 Å². The van der Waals surface area contributed by atoms with E-state index in [1.807, 2.05) is 44.2 Å². The molecule has 27 heavy (non-hydrogen) atoms. The molecular weight excluding hydrogens is 338 g/mol. The number of hydrogen-bond donors (Lipinski definition) is 0. The number of ether oxygens (including phenoxy) is 1. The number of rotatable bonds is 3. The molecule has 3 atom stereocenters. The summed E-state index contributed by atoms with van der Waals surface area (Å²) in [4.78, 5) is 27.0. The van der Waals surface area contributed by atoms with Gasteiger partial charge in [-0.1, -0.05) is 25.1 Å². The van der Waals surface area contributed by atoms with Crippen LogP contribution in [-0.4, -0.2) is 11.8 Å². The molecule has 0 saturated carbocycles. The SMILES string of the molecule is Cc1ccc(Oc2ccc(N3C(=O)C4CC=CC(C)C4C3=O)cc2)cc1C. The van der Waals surface area contributed by atoms with Crippen LogP contribution < -0.4 is 9.64 Å². The monoisotopic (exact) mass is 361 g/mol. The smallest absolute Gasteiger partial charge is 0.238 e. The van der Waals surface area contributed by atoms with E-state index in [0.29, 0.717) is 17.9 Å². The van der Waals surface area contributed by atoms with E-state index in [2.05, 4.69) is 6.92 Å². The van der Waals surface area contributed by atoms with Crippen molar-refractivity contribution in [3.8, 4) is 11.5 Å². The number of imide groups is 1. The highest BCUT2D eigenvalue weighted by molar-refractivity contribution is 6.22. The minimum absolute atomic E-state index is 0.0929. The second kappa shape index (κ2) is 6.69. The Morgan fingerprint density at radius 1 is 0.926 bits per heavy atom. The Kier molecular flexibility index (Phi) is 4.34. The maximum Gasteiger partial charge on any atom is 0.238 e. The fourth-order valence-electron chi connectivity index (χ4n) is 3.98. The van der Waals surface area contributed by atoms with Gasteiger partial charge in [-0.05, 0) is 73.7 Å². The van der Waals surface area contributed by atoms with E-state index >= 15 is 0 Å². The van der Waals surface area contributed by atoms with Crippen molar-refractivity contribution in [1.29, 1.82) is 0 Å². The lowest BCUT2D eigenvalue weighted by molar-refractivity contribution is -0.122. The molecule has 0 aromatic heterocycles. The van der Waals surface area contributed by atoms with Crippen LogP contribution >= 0.6 is 0 Å². The molecule has 2 amide bonds. The molecule has 1 heterocycles. The number of aryl methyl sites for hydroxylation is 2. The van der Waals surface area contributed by atoms with Crippen molar-refractivity contribution in [2.45, 2.75) is 27.2 Å². The van der Waals surface area contributed by atoms with Gasteiger partial charge in [0.25, 0.3) is 0 Å². The average molecular weight is 361 g/mol. The summed E-state index contributed by atoms with van der Waals surface area (Å²) in [5, 5.41) is 0. The number of anilines is 1. The molecule has 1 saturated heterocycles. The van der Waals surface area contributed by atoms with Gasteiger partial charge in [-0.2, -0.15) is 0 Å². The number of carbonyl (C=O) groups excluding carboxylic acids is 2. The summed E-state index contributed by atoms with van der Waals surface area (Å²) in [5.74, 6) is 0.878. The Labute approximate surface area is 159 Å². The van der Waals surface area contributed by atoms with Gasteiger partial charge in [-0.15, -0.1) is 0 Å². The molecule has 0 radical (unpaired) electrons. The second-order valence-electron chi connectivity index (χ2n) is 7.51. The van der Waals surface area contributed by atoms with Crippen LogP contribution in [0.5, 0.6) is 11.5 Å². The molecule has 0 N–H and O–H groups in total. The number of amides is 2. The summed E-state index contributed by atoms with van der Waals surface area (Å²) in [6.07, 6.45) is 4.70. The van der Waals surface area contributed by atoms with Crippen molar-refractivity contribution in [2.24, 2.45) is 17.8 Å². The van der Waals surface area contributed by atoms with Crippen molar-refractivity contribution >= 4 is 17.5 Å². The number of carbonyl (C=O) groups is 2. The highest BCUT2D eigenvalue weighted by atomic mass is 16.5. The third kappa shape index (κ3) is 3.05. The minimum atomic E-state index is -0.242. The van der Waals surface area contributed by atoms with Crippen LogP contribution in [0.25, 0.3) is 0 Å². The first kappa shape index (κ1) is 17.5. The van der Waals surface area contributed by atoms with Gasteiger partial charge >= 0.3 is 0 Å². The van der Waals surface area contributed by atoms with Crippen molar-refractivity contribution in [3.05, 3.63) is 65.7 Å². The van der Waals surface area contributed by atoms with Gasteiger partial charge in [0.1, 0.15) is 11.5 Å².